The minimum absolute atomic E-state index is 0.207. The van der Waals surface area contributed by atoms with Crippen LogP contribution in [-0.2, 0) is 17.4 Å². The fourth-order valence-electron chi connectivity index (χ4n) is 0.927. The normalized spacial score (nSPS) is 13.6. The highest BCUT2D eigenvalue weighted by molar-refractivity contribution is 7.80. The summed E-state index contributed by atoms with van der Waals surface area (Å²) in [6.45, 7) is 0. The number of aromatic hydroxyl groups is 1. The van der Waals surface area contributed by atoms with Crippen molar-refractivity contribution in [2.75, 3.05) is 4.72 Å². The van der Waals surface area contributed by atoms with Crippen LogP contribution in [0.25, 0.3) is 0 Å². The smallest absolute Gasteiger partial charge is 0.420 e. The second-order valence-corrected chi connectivity index (χ2v) is 3.28. The molecule has 0 saturated carbocycles. The van der Waals surface area contributed by atoms with Crippen molar-refractivity contribution in [2.24, 2.45) is 0 Å². The molecule has 4 nitrogen and oxygen atoms in total. The Kier molecular flexibility index (Phi) is 3.20. The summed E-state index contributed by atoms with van der Waals surface area (Å²) < 4.78 is 57.2. The van der Waals surface area contributed by atoms with Crippen molar-refractivity contribution >= 4 is 17.0 Å². The number of hydrogen-bond donors (Lipinski definition) is 3. The number of rotatable bonds is 2. The molecule has 0 aliphatic rings. The number of halogens is 3. The van der Waals surface area contributed by atoms with Crippen LogP contribution in [0, 0.1) is 0 Å². The summed E-state index contributed by atoms with van der Waals surface area (Å²) in [5.74, 6) is -0.934. The van der Waals surface area contributed by atoms with Gasteiger partial charge in [0.15, 0.2) is 0 Å². The lowest BCUT2D eigenvalue weighted by molar-refractivity contribution is -0.138. The van der Waals surface area contributed by atoms with Gasteiger partial charge in [0.1, 0.15) is 5.75 Å². The van der Waals surface area contributed by atoms with Gasteiger partial charge in [-0.2, -0.15) is 13.2 Å². The summed E-state index contributed by atoms with van der Waals surface area (Å²) in [5.41, 5.74) is -1.47. The van der Waals surface area contributed by atoms with Gasteiger partial charge in [0.2, 0.25) is 0 Å². The predicted octanol–water partition coefficient (Wildman–Crippen LogP) is 1.96. The van der Waals surface area contributed by atoms with Gasteiger partial charge in [-0.05, 0) is 18.2 Å². The zero-order valence-electron chi connectivity index (χ0n) is 7.08. The van der Waals surface area contributed by atoms with Crippen LogP contribution >= 0.6 is 0 Å². The van der Waals surface area contributed by atoms with Gasteiger partial charge in [-0.15, -0.1) is 0 Å². The van der Waals surface area contributed by atoms with Crippen molar-refractivity contribution in [1.82, 2.24) is 0 Å². The summed E-state index contributed by atoms with van der Waals surface area (Å²) >= 11 is -2.46. The fraction of sp³-hybridized carbons (Fsp3) is 0.143. The molecule has 1 rings (SSSR count). The molecule has 1 atom stereocenters. The summed E-state index contributed by atoms with van der Waals surface area (Å²) in [7, 11) is 0. The first-order valence-corrected chi connectivity index (χ1v) is 4.69. The van der Waals surface area contributed by atoms with E-state index in [1.165, 1.54) is 0 Å². The quantitative estimate of drug-likeness (QED) is 0.547. The van der Waals surface area contributed by atoms with E-state index in [2.05, 4.69) is 0 Å². The Morgan fingerprint density at radius 2 is 1.93 bits per heavy atom. The summed E-state index contributed by atoms with van der Waals surface area (Å²) in [6.07, 6.45) is -4.71. The van der Waals surface area contributed by atoms with Gasteiger partial charge >= 0.3 is 6.18 Å². The first-order valence-electron chi connectivity index (χ1n) is 3.58. The highest BCUT2D eigenvalue weighted by Crippen LogP contribution is 2.37. The molecule has 1 unspecified atom stereocenters. The van der Waals surface area contributed by atoms with Crippen LogP contribution in [0.5, 0.6) is 5.75 Å². The largest absolute Gasteiger partial charge is 0.507 e. The Balaban J connectivity index is 3.11. The van der Waals surface area contributed by atoms with Crippen molar-refractivity contribution in [3.05, 3.63) is 23.8 Å². The second-order valence-electron chi connectivity index (χ2n) is 2.58. The molecule has 0 bridgehead atoms. The third-order valence-corrected chi connectivity index (χ3v) is 1.92. The molecular formula is C7H6F3NO3S. The Hall–Kier alpha value is -1.28. The standard InChI is InChI=1S/C7H6F3NO3S/c8-7(9,10)5-3-4(11-15(13)14)1-2-6(5)12/h1-3,11-12H,(H,13,14). The second kappa shape index (κ2) is 4.07. The van der Waals surface area contributed by atoms with Gasteiger partial charge in [0.05, 0.1) is 5.56 Å². The highest BCUT2D eigenvalue weighted by atomic mass is 32.2. The molecule has 1 aromatic rings. The third kappa shape index (κ3) is 3.10. The van der Waals surface area contributed by atoms with Crippen molar-refractivity contribution < 1.29 is 27.0 Å². The van der Waals surface area contributed by atoms with Gasteiger partial charge in [-0.3, -0.25) is 9.27 Å². The molecule has 0 fully saturated rings. The minimum atomic E-state index is -4.71. The van der Waals surface area contributed by atoms with Gasteiger partial charge in [-0.25, -0.2) is 4.21 Å². The molecule has 0 aromatic heterocycles. The molecule has 15 heavy (non-hydrogen) atoms. The topological polar surface area (TPSA) is 69.6 Å². The lowest BCUT2D eigenvalue weighted by atomic mass is 10.2. The molecule has 0 radical (unpaired) electrons. The lowest BCUT2D eigenvalue weighted by Crippen LogP contribution is -2.07. The van der Waals surface area contributed by atoms with Gasteiger partial charge in [0.25, 0.3) is 11.3 Å². The molecule has 84 valence electrons. The molecule has 0 aliphatic heterocycles. The van der Waals surface area contributed by atoms with E-state index in [0.717, 1.165) is 12.1 Å². The SMILES string of the molecule is O=S(O)Nc1ccc(O)c(C(F)(F)F)c1. The molecule has 3 N–H and O–H groups in total. The van der Waals surface area contributed by atoms with E-state index >= 15 is 0 Å². The first-order chi connectivity index (χ1) is 6.80. The van der Waals surface area contributed by atoms with E-state index in [4.69, 9.17) is 9.66 Å². The van der Waals surface area contributed by atoms with E-state index in [9.17, 15) is 17.4 Å². The van der Waals surface area contributed by atoms with E-state index in [1.807, 2.05) is 4.72 Å². The maximum absolute atomic E-state index is 12.2. The number of phenols is 1. The zero-order chi connectivity index (χ0) is 11.6. The lowest BCUT2D eigenvalue weighted by Gasteiger charge is -2.10. The molecule has 8 heteroatoms. The monoisotopic (exact) mass is 241 g/mol. The third-order valence-electron chi connectivity index (χ3n) is 1.51. The van der Waals surface area contributed by atoms with Gasteiger partial charge in [0, 0.05) is 5.69 Å². The maximum atomic E-state index is 12.2. The Morgan fingerprint density at radius 3 is 2.40 bits per heavy atom. The highest BCUT2D eigenvalue weighted by Gasteiger charge is 2.34. The molecule has 0 saturated heterocycles. The van der Waals surface area contributed by atoms with Crippen molar-refractivity contribution in [3.63, 3.8) is 0 Å². The zero-order valence-corrected chi connectivity index (χ0v) is 7.89. The predicted molar refractivity (Wildman–Crippen MR) is 47.5 cm³/mol. The first kappa shape index (κ1) is 11.8. The molecule has 1 aromatic carbocycles. The Bertz CT molecular complexity index is 394. The van der Waals surface area contributed by atoms with E-state index in [0.29, 0.717) is 6.07 Å². The number of benzene rings is 1. The number of phenolic OH excluding ortho intramolecular Hbond substituents is 1. The maximum Gasteiger partial charge on any atom is 0.420 e. The van der Waals surface area contributed by atoms with Crippen LogP contribution in [0.4, 0.5) is 18.9 Å². The average Bonchev–Trinajstić information content (AvgIpc) is 2.05. The average molecular weight is 241 g/mol. The molecule has 0 amide bonds. The number of alkyl halides is 3. The number of anilines is 1. The van der Waals surface area contributed by atoms with Crippen LogP contribution in [0.15, 0.2) is 18.2 Å². The minimum Gasteiger partial charge on any atom is -0.507 e. The Labute approximate surface area is 85.1 Å². The summed E-state index contributed by atoms with van der Waals surface area (Å²) in [5, 5.41) is 8.92. The van der Waals surface area contributed by atoms with Crippen LogP contribution < -0.4 is 4.72 Å². The van der Waals surface area contributed by atoms with Crippen molar-refractivity contribution in [1.29, 1.82) is 0 Å². The molecule has 0 spiro atoms. The molecule has 0 aliphatic carbocycles. The summed E-state index contributed by atoms with van der Waals surface area (Å²) in [4.78, 5) is 0. The summed E-state index contributed by atoms with van der Waals surface area (Å²) in [6, 6.07) is 2.39. The van der Waals surface area contributed by atoms with Crippen molar-refractivity contribution in [2.45, 2.75) is 6.18 Å². The number of hydrogen-bond acceptors (Lipinski definition) is 2. The van der Waals surface area contributed by atoms with Gasteiger partial charge in [-0.1, -0.05) is 0 Å². The number of nitrogens with one attached hydrogen (secondary N) is 1. The van der Waals surface area contributed by atoms with Crippen LogP contribution in [-0.4, -0.2) is 13.9 Å². The molecular weight excluding hydrogens is 235 g/mol. The molecule has 0 heterocycles. The van der Waals surface area contributed by atoms with E-state index < -0.39 is 28.8 Å². The van der Waals surface area contributed by atoms with Gasteiger partial charge < -0.3 is 5.11 Å². The van der Waals surface area contributed by atoms with E-state index in [1.54, 1.807) is 0 Å². The fourth-order valence-corrected chi connectivity index (χ4v) is 1.26. The van der Waals surface area contributed by atoms with Crippen molar-refractivity contribution in [3.8, 4) is 5.75 Å². The van der Waals surface area contributed by atoms with Crippen LogP contribution in [0.3, 0.4) is 0 Å². The van der Waals surface area contributed by atoms with Crippen LogP contribution in [0.1, 0.15) is 5.56 Å². The van der Waals surface area contributed by atoms with E-state index in [-0.39, 0.29) is 5.69 Å². The van der Waals surface area contributed by atoms with Crippen LogP contribution in [0.2, 0.25) is 0 Å². The Morgan fingerprint density at radius 1 is 1.33 bits per heavy atom.